The van der Waals surface area contributed by atoms with Gasteiger partial charge in [-0.05, 0) is 48.9 Å². The fourth-order valence-corrected chi connectivity index (χ4v) is 3.32. The quantitative estimate of drug-likeness (QED) is 0.276. The monoisotopic (exact) mass is 393 g/mol. The molecule has 146 valence electrons. The van der Waals surface area contributed by atoms with Crippen molar-refractivity contribution in [2.45, 2.75) is 13.5 Å². The first kappa shape index (κ1) is 19.2. The SMILES string of the molecule is Cc1[nH]c2ccccc2c1C(=O)C(C#N)=Cc1ccc(OCc2ccccn2)cc1. The molecule has 0 aliphatic rings. The van der Waals surface area contributed by atoms with Crippen LogP contribution in [-0.2, 0) is 6.61 Å². The highest BCUT2D eigenvalue weighted by atomic mass is 16.5. The molecule has 0 radical (unpaired) electrons. The zero-order chi connectivity index (χ0) is 20.9. The highest BCUT2D eigenvalue weighted by Gasteiger charge is 2.19. The molecular formula is C25H19N3O2. The number of para-hydroxylation sites is 1. The Bertz CT molecular complexity index is 1260. The summed E-state index contributed by atoms with van der Waals surface area (Å²) in [6, 6.07) is 22.6. The number of aryl methyl sites for hydroxylation is 1. The number of aromatic amines is 1. The number of H-pyrrole nitrogens is 1. The Morgan fingerprint density at radius 1 is 1.10 bits per heavy atom. The van der Waals surface area contributed by atoms with E-state index in [1.165, 1.54) is 0 Å². The third-order valence-corrected chi connectivity index (χ3v) is 4.79. The molecule has 4 aromatic rings. The van der Waals surface area contributed by atoms with Gasteiger partial charge in [-0.1, -0.05) is 36.4 Å². The number of carbonyl (C=O) groups is 1. The van der Waals surface area contributed by atoms with Crippen LogP contribution in [0, 0.1) is 18.3 Å². The minimum absolute atomic E-state index is 0.0880. The Morgan fingerprint density at radius 2 is 1.87 bits per heavy atom. The molecule has 30 heavy (non-hydrogen) atoms. The average molecular weight is 393 g/mol. The van der Waals surface area contributed by atoms with E-state index in [9.17, 15) is 10.1 Å². The maximum atomic E-state index is 13.1. The third kappa shape index (κ3) is 3.98. The van der Waals surface area contributed by atoms with Gasteiger partial charge in [-0.3, -0.25) is 9.78 Å². The van der Waals surface area contributed by atoms with Gasteiger partial charge in [0.05, 0.1) is 11.3 Å². The van der Waals surface area contributed by atoms with E-state index in [2.05, 4.69) is 9.97 Å². The molecule has 0 spiro atoms. The van der Waals surface area contributed by atoms with Crippen molar-refractivity contribution in [1.82, 2.24) is 9.97 Å². The fourth-order valence-electron chi connectivity index (χ4n) is 3.32. The maximum Gasteiger partial charge on any atom is 0.205 e. The first-order valence-corrected chi connectivity index (χ1v) is 9.52. The van der Waals surface area contributed by atoms with E-state index in [0.29, 0.717) is 17.9 Å². The van der Waals surface area contributed by atoms with Crippen molar-refractivity contribution < 1.29 is 9.53 Å². The summed E-state index contributed by atoms with van der Waals surface area (Å²) in [5, 5.41) is 10.4. The van der Waals surface area contributed by atoms with Crippen LogP contribution in [0.5, 0.6) is 5.75 Å². The van der Waals surface area contributed by atoms with E-state index in [0.717, 1.165) is 27.9 Å². The molecule has 5 nitrogen and oxygen atoms in total. The number of allylic oxidation sites excluding steroid dienone is 1. The number of fused-ring (bicyclic) bond motifs is 1. The zero-order valence-electron chi connectivity index (χ0n) is 16.4. The lowest BCUT2D eigenvalue weighted by Gasteiger charge is -2.06. The first-order valence-electron chi connectivity index (χ1n) is 9.52. The number of nitrogens with zero attached hydrogens (tertiary/aromatic N) is 2. The summed E-state index contributed by atoms with van der Waals surface area (Å²) in [5.41, 5.74) is 3.85. The number of nitrogens with one attached hydrogen (secondary N) is 1. The van der Waals surface area contributed by atoms with E-state index < -0.39 is 0 Å². The van der Waals surface area contributed by atoms with Crippen molar-refractivity contribution in [3.63, 3.8) is 0 Å². The molecule has 0 bridgehead atoms. The van der Waals surface area contributed by atoms with E-state index in [1.54, 1.807) is 12.3 Å². The van der Waals surface area contributed by atoms with Crippen molar-refractivity contribution in [2.24, 2.45) is 0 Å². The molecular weight excluding hydrogens is 374 g/mol. The Labute approximate surface area is 174 Å². The summed E-state index contributed by atoms with van der Waals surface area (Å²) in [7, 11) is 0. The minimum Gasteiger partial charge on any atom is -0.487 e. The van der Waals surface area contributed by atoms with E-state index in [1.807, 2.05) is 79.7 Å². The number of benzene rings is 2. The predicted octanol–water partition coefficient (Wildman–Crippen LogP) is 5.24. The summed E-state index contributed by atoms with van der Waals surface area (Å²) in [5.74, 6) is 0.401. The second-order valence-electron chi connectivity index (χ2n) is 6.85. The van der Waals surface area contributed by atoms with Gasteiger partial charge in [0.2, 0.25) is 5.78 Å². The number of rotatable bonds is 6. The summed E-state index contributed by atoms with van der Waals surface area (Å²) >= 11 is 0. The lowest BCUT2D eigenvalue weighted by atomic mass is 9.99. The Hall–Kier alpha value is -4.17. The first-order chi connectivity index (χ1) is 14.7. The average Bonchev–Trinajstić information content (AvgIpc) is 3.12. The summed E-state index contributed by atoms with van der Waals surface area (Å²) < 4.78 is 5.73. The van der Waals surface area contributed by atoms with Crippen LogP contribution in [0.15, 0.2) is 78.5 Å². The van der Waals surface area contributed by atoms with Gasteiger partial charge < -0.3 is 9.72 Å². The van der Waals surface area contributed by atoms with Crippen LogP contribution < -0.4 is 4.74 Å². The second-order valence-corrected chi connectivity index (χ2v) is 6.85. The van der Waals surface area contributed by atoms with Crippen LogP contribution in [0.25, 0.3) is 17.0 Å². The van der Waals surface area contributed by atoms with Crippen molar-refractivity contribution >= 4 is 22.8 Å². The molecule has 0 unspecified atom stereocenters. The lowest BCUT2D eigenvalue weighted by molar-refractivity contribution is 0.104. The molecule has 1 N–H and O–H groups in total. The zero-order valence-corrected chi connectivity index (χ0v) is 16.4. The van der Waals surface area contributed by atoms with Gasteiger partial charge in [-0.15, -0.1) is 0 Å². The van der Waals surface area contributed by atoms with E-state index in [-0.39, 0.29) is 11.4 Å². The van der Waals surface area contributed by atoms with Gasteiger partial charge in [0.15, 0.2) is 0 Å². The van der Waals surface area contributed by atoms with Crippen LogP contribution >= 0.6 is 0 Å². The second kappa shape index (κ2) is 8.46. The molecule has 0 aliphatic heterocycles. The molecule has 2 heterocycles. The van der Waals surface area contributed by atoms with E-state index in [4.69, 9.17) is 4.74 Å². The number of pyridine rings is 1. The molecule has 0 atom stereocenters. The van der Waals surface area contributed by atoms with E-state index >= 15 is 0 Å². The number of carbonyl (C=O) groups excluding carboxylic acids is 1. The Balaban J connectivity index is 1.54. The van der Waals surface area contributed by atoms with Crippen molar-refractivity contribution in [2.75, 3.05) is 0 Å². The lowest BCUT2D eigenvalue weighted by Crippen LogP contribution is -2.03. The van der Waals surface area contributed by atoms with Crippen LogP contribution in [0.4, 0.5) is 0 Å². The summed E-state index contributed by atoms with van der Waals surface area (Å²) in [6.07, 6.45) is 3.33. The topological polar surface area (TPSA) is 78.8 Å². The van der Waals surface area contributed by atoms with Crippen LogP contribution in [-0.4, -0.2) is 15.8 Å². The molecule has 2 aromatic heterocycles. The Morgan fingerprint density at radius 3 is 2.60 bits per heavy atom. The number of Topliss-reactive ketones (excluding diaryl/α,β-unsaturated/α-hetero) is 1. The standard InChI is InChI=1S/C25H19N3O2/c1-17-24(22-7-2-3-8-23(22)28-17)25(29)19(15-26)14-18-9-11-21(12-10-18)30-16-20-6-4-5-13-27-20/h2-14,28H,16H2,1H3. The number of hydrogen-bond acceptors (Lipinski definition) is 4. The smallest absolute Gasteiger partial charge is 0.205 e. The molecule has 0 saturated carbocycles. The molecule has 0 aliphatic carbocycles. The van der Waals surface area contributed by atoms with Crippen molar-refractivity contribution in [3.8, 4) is 11.8 Å². The predicted molar refractivity (Wildman–Crippen MR) is 116 cm³/mol. The highest BCUT2D eigenvalue weighted by molar-refractivity contribution is 6.20. The molecule has 4 rings (SSSR count). The van der Waals surface area contributed by atoms with Crippen LogP contribution in [0.2, 0.25) is 0 Å². The number of ketones is 1. The summed E-state index contributed by atoms with van der Waals surface area (Å²) in [6.45, 7) is 2.22. The number of aromatic nitrogens is 2. The van der Waals surface area contributed by atoms with Crippen molar-refractivity contribution in [1.29, 1.82) is 5.26 Å². The normalized spacial score (nSPS) is 11.3. The fraction of sp³-hybridized carbons (Fsp3) is 0.0800. The van der Waals surface area contributed by atoms with Crippen molar-refractivity contribution in [3.05, 3.63) is 101 Å². The van der Waals surface area contributed by atoms with Gasteiger partial charge in [0.1, 0.15) is 24.0 Å². The van der Waals surface area contributed by atoms with Gasteiger partial charge in [0.25, 0.3) is 0 Å². The van der Waals surface area contributed by atoms with Gasteiger partial charge in [0, 0.05) is 22.8 Å². The molecule has 0 amide bonds. The number of hydrogen-bond donors (Lipinski definition) is 1. The maximum absolute atomic E-state index is 13.1. The number of ether oxygens (including phenoxy) is 1. The minimum atomic E-state index is -0.289. The van der Waals surface area contributed by atoms with Gasteiger partial charge >= 0.3 is 0 Å². The molecule has 0 fully saturated rings. The highest BCUT2D eigenvalue weighted by Crippen LogP contribution is 2.25. The molecule has 0 saturated heterocycles. The number of nitriles is 1. The van der Waals surface area contributed by atoms with Crippen LogP contribution in [0.3, 0.4) is 0 Å². The van der Waals surface area contributed by atoms with Gasteiger partial charge in [-0.2, -0.15) is 5.26 Å². The largest absolute Gasteiger partial charge is 0.487 e. The van der Waals surface area contributed by atoms with Gasteiger partial charge in [-0.25, -0.2) is 0 Å². The summed E-state index contributed by atoms with van der Waals surface area (Å²) in [4.78, 5) is 20.5. The van der Waals surface area contributed by atoms with Crippen LogP contribution in [0.1, 0.15) is 27.3 Å². The third-order valence-electron chi connectivity index (χ3n) is 4.79. The molecule has 2 aromatic carbocycles. The molecule has 5 heteroatoms. The Kier molecular flexibility index (Phi) is 5.40.